The van der Waals surface area contributed by atoms with Gasteiger partial charge in [0.2, 0.25) is 17.7 Å². The van der Waals surface area contributed by atoms with Crippen LogP contribution in [0.3, 0.4) is 0 Å². The second kappa shape index (κ2) is 12.3. The second-order valence-corrected chi connectivity index (χ2v) is 7.58. The molecule has 0 bridgehead atoms. The molecule has 0 rings (SSSR count). The highest BCUT2D eigenvalue weighted by Gasteiger charge is 2.30. The van der Waals surface area contributed by atoms with Crippen molar-refractivity contribution in [3.8, 4) is 0 Å². The fourth-order valence-electron chi connectivity index (χ4n) is 2.62. The first-order valence-electron chi connectivity index (χ1n) is 9.27. The van der Waals surface area contributed by atoms with Crippen LogP contribution in [-0.4, -0.2) is 69.8 Å². The minimum absolute atomic E-state index is 0.0683. The number of amides is 3. The van der Waals surface area contributed by atoms with Crippen LogP contribution in [0.25, 0.3) is 0 Å². The number of nitrogens with one attached hydrogen (secondary N) is 3. The van der Waals surface area contributed by atoms with Crippen LogP contribution in [0.5, 0.6) is 0 Å². The Balaban J connectivity index is 5.08. The molecule has 0 aromatic rings. The van der Waals surface area contributed by atoms with Crippen molar-refractivity contribution in [2.45, 2.75) is 71.7 Å². The van der Waals surface area contributed by atoms with E-state index >= 15 is 0 Å². The fourth-order valence-corrected chi connectivity index (χ4v) is 2.62. The van der Waals surface area contributed by atoms with E-state index in [-0.39, 0.29) is 11.8 Å². The van der Waals surface area contributed by atoms with Crippen LogP contribution in [0.15, 0.2) is 0 Å². The topological polar surface area (TPSA) is 165 Å². The van der Waals surface area contributed by atoms with Gasteiger partial charge in [0, 0.05) is 6.92 Å². The monoisotopic (exact) mass is 403 g/mol. The molecule has 10 nitrogen and oxygen atoms in total. The van der Waals surface area contributed by atoms with Gasteiger partial charge in [-0.15, -0.1) is 0 Å². The Morgan fingerprint density at radius 3 is 1.93 bits per heavy atom. The first kappa shape index (κ1) is 25.8. The maximum Gasteiger partial charge on any atom is 0.326 e. The van der Waals surface area contributed by atoms with Crippen molar-refractivity contribution in [1.29, 1.82) is 0 Å². The van der Waals surface area contributed by atoms with Gasteiger partial charge < -0.3 is 31.3 Å². The molecule has 28 heavy (non-hydrogen) atoms. The fraction of sp³-hybridized carbons (Fsp3) is 0.778. The number of aliphatic carboxylic acids is 1. The number of hydrogen-bond acceptors (Lipinski definition) is 6. The zero-order valence-electron chi connectivity index (χ0n) is 17.1. The van der Waals surface area contributed by atoms with Crippen molar-refractivity contribution < 1.29 is 34.5 Å². The van der Waals surface area contributed by atoms with Gasteiger partial charge in [0.15, 0.2) is 0 Å². The highest BCUT2D eigenvalue weighted by Crippen LogP contribution is 2.12. The van der Waals surface area contributed by atoms with Crippen LogP contribution in [0, 0.1) is 11.8 Å². The predicted molar refractivity (Wildman–Crippen MR) is 101 cm³/mol. The molecule has 0 aromatic carbocycles. The minimum Gasteiger partial charge on any atom is -0.480 e. The summed E-state index contributed by atoms with van der Waals surface area (Å²) in [7, 11) is 0. The molecule has 0 spiro atoms. The van der Waals surface area contributed by atoms with Crippen LogP contribution in [0.2, 0.25) is 0 Å². The number of hydrogen-bond donors (Lipinski definition) is 6. The van der Waals surface area contributed by atoms with E-state index in [9.17, 15) is 29.4 Å². The molecule has 0 aliphatic carbocycles. The second-order valence-electron chi connectivity index (χ2n) is 7.58. The van der Waals surface area contributed by atoms with Crippen molar-refractivity contribution in [3.63, 3.8) is 0 Å². The van der Waals surface area contributed by atoms with Crippen molar-refractivity contribution in [2.75, 3.05) is 6.61 Å². The minimum atomic E-state index is -1.27. The van der Waals surface area contributed by atoms with E-state index in [1.807, 2.05) is 13.8 Å². The van der Waals surface area contributed by atoms with E-state index in [4.69, 9.17) is 5.11 Å². The number of carbonyl (C=O) groups excluding carboxylic acids is 3. The number of carboxylic acid groups (broad SMARTS) is 1. The Morgan fingerprint density at radius 1 is 0.964 bits per heavy atom. The van der Waals surface area contributed by atoms with E-state index in [1.165, 1.54) is 6.92 Å². The van der Waals surface area contributed by atoms with Crippen LogP contribution >= 0.6 is 0 Å². The van der Waals surface area contributed by atoms with Gasteiger partial charge in [0.05, 0.1) is 25.2 Å². The Hall–Kier alpha value is -2.20. The van der Waals surface area contributed by atoms with Crippen LogP contribution in [0.1, 0.15) is 47.5 Å². The summed E-state index contributed by atoms with van der Waals surface area (Å²) in [5.41, 5.74) is 0. The van der Waals surface area contributed by atoms with Crippen LogP contribution in [0.4, 0.5) is 0 Å². The van der Waals surface area contributed by atoms with Gasteiger partial charge in [-0.1, -0.05) is 27.7 Å². The molecule has 3 amide bonds. The highest BCUT2D eigenvalue weighted by molar-refractivity contribution is 5.87. The average Bonchev–Trinajstić information content (AvgIpc) is 2.55. The summed E-state index contributed by atoms with van der Waals surface area (Å²) in [4.78, 5) is 46.7. The van der Waals surface area contributed by atoms with E-state index in [2.05, 4.69) is 16.0 Å². The van der Waals surface area contributed by atoms with E-state index < -0.39 is 60.9 Å². The average molecular weight is 403 g/mol. The zero-order chi connectivity index (χ0) is 22.0. The van der Waals surface area contributed by atoms with Gasteiger partial charge in [-0.2, -0.15) is 0 Å². The Morgan fingerprint density at radius 2 is 1.54 bits per heavy atom. The third kappa shape index (κ3) is 9.65. The summed E-state index contributed by atoms with van der Waals surface area (Å²) < 4.78 is 0. The Bertz CT molecular complexity index is 551. The van der Waals surface area contributed by atoms with Gasteiger partial charge in [-0.05, 0) is 18.3 Å². The lowest BCUT2D eigenvalue weighted by Crippen LogP contribution is -2.54. The molecule has 10 heteroatoms. The Kier molecular flexibility index (Phi) is 11.3. The van der Waals surface area contributed by atoms with Gasteiger partial charge in [-0.3, -0.25) is 14.4 Å². The van der Waals surface area contributed by atoms with Gasteiger partial charge in [-0.25, -0.2) is 4.79 Å². The normalized spacial score (nSPS) is 15.5. The standard InChI is InChI=1S/C18H33N3O7/c1-9(2)6-12(20-17(26)13(8-22)19-11(5)23)14(24)7-15(25)21-16(10(3)4)18(27)28/h9-10,12-14,16,22,24H,6-8H2,1-5H3,(H,19,23)(H,20,26)(H,21,25)(H,27,28)/t12-,13-,14-,16-/m0/s1. The largest absolute Gasteiger partial charge is 0.480 e. The molecule has 0 saturated heterocycles. The molecule has 0 radical (unpaired) electrons. The number of aliphatic hydroxyl groups is 2. The quantitative estimate of drug-likeness (QED) is 0.243. The molecule has 0 unspecified atom stereocenters. The molecule has 4 atom stereocenters. The van der Waals surface area contributed by atoms with Crippen molar-refractivity contribution in [1.82, 2.24) is 16.0 Å². The first-order valence-corrected chi connectivity index (χ1v) is 9.27. The smallest absolute Gasteiger partial charge is 0.326 e. The summed E-state index contributed by atoms with van der Waals surface area (Å²) in [6.07, 6.45) is -1.34. The van der Waals surface area contributed by atoms with Crippen LogP contribution in [-0.2, 0) is 19.2 Å². The maximum atomic E-state index is 12.3. The first-order chi connectivity index (χ1) is 12.9. The molecule has 162 valence electrons. The van der Waals surface area contributed by atoms with Crippen molar-refractivity contribution >= 4 is 23.7 Å². The third-order valence-corrected chi connectivity index (χ3v) is 4.04. The molecule has 0 aliphatic rings. The third-order valence-electron chi connectivity index (χ3n) is 4.04. The molecule has 6 N–H and O–H groups in total. The summed E-state index contributed by atoms with van der Waals surface area (Å²) in [5, 5.41) is 36.0. The molecular weight excluding hydrogens is 370 g/mol. The molecule has 0 fully saturated rings. The van der Waals surface area contributed by atoms with Gasteiger partial charge >= 0.3 is 5.97 Å². The predicted octanol–water partition coefficient (Wildman–Crippen LogP) is -1.01. The number of carboxylic acids is 1. The molecular formula is C18H33N3O7. The summed E-state index contributed by atoms with van der Waals surface area (Å²) in [6.45, 7) is 7.60. The summed E-state index contributed by atoms with van der Waals surface area (Å²) in [6, 6.07) is -3.08. The lowest BCUT2D eigenvalue weighted by atomic mass is 9.96. The number of aliphatic hydroxyl groups excluding tert-OH is 2. The lowest BCUT2D eigenvalue weighted by molar-refractivity contribution is -0.143. The van der Waals surface area contributed by atoms with Crippen LogP contribution < -0.4 is 16.0 Å². The SMILES string of the molecule is CC(=O)N[C@@H](CO)C(=O)N[C@@H](CC(C)C)[C@@H](O)CC(=O)N[C@H](C(=O)O)C(C)C. The van der Waals surface area contributed by atoms with Gasteiger partial charge in [0.1, 0.15) is 12.1 Å². The number of carbonyl (C=O) groups is 4. The van der Waals surface area contributed by atoms with E-state index in [0.717, 1.165) is 0 Å². The molecule has 0 heterocycles. The summed E-state index contributed by atoms with van der Waals surface area (Å²) >= 11 is 0. The van der Waals surface area contributed by atoms with E-state index in [1.54, 1.807) is 13.8 Å². The molecule has 0 saturated carbocycles. The van der Waals surface area contributed by atoms with Crippen molar-refractivity contribution in [3.05, 3.63) is 0 Å². The van der Waals surface area contributed by atoms with Crippen molar-refractivity contribution in [2.24, 2.45) is 11.8 Å². The molecule has 0 aromatic heterocycles. The summed E-state index contributed by atoms with van der Waals surface area (Å²) in [5.74, 6) is -3.29. The highest BCUT2D eigenvalue weighted by atomic mass is 16.4. The Labute approximate surface area is 165 Å². The van der Waals surface area contributed by atoms with Gasteiger partial charge in [0.25, 0.3) is 0 Å². The maximum absolute atomic E-state index is 12.3. The van der Waals surface area contributed by atoms with E-state index in [0.29, 0.717) is 6.42 Å². The lowest BCUT2D eigenvalue weighted by Gasteiger charge is -2.28. The number of rotatable bonds is 12. The zero-order valence-corrected chi connectivity index (χ0v) is 17.1. The molecule has 0 aliphatic heterocycles.